The number of hydrogen-bond donors (Lipinski definition) is 0. The number of carbonyl (C=O) groups is 2. The van der Waals surface area contributed by atoms with E-state index in [-0.39, 0.29) is 17.5 Å². The van der Waals surface area contributed by atoms with Gasteiger partial charge in [0.15, 0.2) is 0 Å². The van der Waals surface area contributed by atoms with Gasteiger partial charge in [0.1, 0.15) is 11.6 Å². The zero-order valence-electron chi connectivity index (χ0n) is 9.58. The van der Waals surface area contributed by atoms with Gasteiger partial charge in [-0.2, -0.15) is 0 Å². The summed E-state index contributed by atoms with van der Waals surface area (Å²) in [5.74, 6) is 0.0221. The van der Waals surface area contributed by atoms with Gasteiger partial charge < -0.3 is 4.74 Å². The van der Waals surface area contributed by atoms with Gasteiger partial charge in [-0.25, -0.2) is 0 Å². The third-order valence-corrected chi connectivity index (χ3v) is 3.28. The maximum Gasteiger partial charge on any atom is 0.147 e. The van der Waals surface area contributed by atoms with E-state index in [0.717, 1.165) is 0 Å². The molecule has 15 heavy (non-hydrogen) atoms. The molecule has 0 bridgehead atoms. The highest BCUT2D eigenvalue weighted by Gasteiger charge is 2.48. The van der Waals surface area contributed by atoms with Crippen LogP contribution in [0.1, 0.15) is 33.6 Å². The van der Waals surface area contributed by atoms with E-state index in [2.05, 4.69) is 0 Å². The van der Waals surface area contributed by atoms with Gasteiger partial charge in [-0.1, -0.05) is 6.92 Å². The molecule has 0 aliphatic heterocycles. The quantitative estimate of drug-likeness (QED) is 0.527. The summed E-state index contributed by atoms with van der Waals surface area (Å²) in [6.07, 6.45) is 4.16. The Balaban J connectivity index is 2.76. The van der Waals surface area contributed by atoms with E-state index >= 15 is 0 Å². The van der Waals surface area contributed by atoms with Crippen molar-refractivity contribution in [2.24, 2.45) is 11.3 Å². The van der Waals surface area contributed by atoms with E-state index in [4.69, 9.17) is 4.74 Å². The lowest BCUT2D eigenvalue weighted by atomic mass is 9.75. The molecule has 1 aliphatic carbocycles. The van der Waals surface area contributed by atoms with E-state index in [9.17, 15) is 9.59 Å². The van der Waals surface area contributed by atoms with Gasteiger partial charge in [-0.05, 0) is 25.8 Å². The van der Waals surface area contributed by atoms with E-state index in [1.807, 2.05) is 13.8 Å². The number of allylic oxidation sites excluding steroid dienone is 1. The molecule has 0 radical (unpaired) electrons. The number of carbonyl (C=O) groups excluding carboxylic acids is 2. The number of ketones is 2. The Bertz CT molecular complexity index is 275. The standard InChI is InChI=1S/C12H18O3/c1-4-15-8-7-9(2)12(3)10(13)5-6-11(12)14/h7-9H,4-6H2,1-3H3/b8-7-. The van der Waals surface area contributed by atoms with Crippen molar-refractivity contribution in [1.29, 1.82) is 0 Å². The van der Waals surface area contributed by atoms with Gasteiger partial charge >= 0.3 is 0 Å². The minimum Gasteiger partial charge on any atom is -0.502 e. The normalized spacial score (nSPS) is 22.3. The Morgan fingerprint density at radius 3 is 2.40 bits per heavy atom. The first-order chi connectivity index (χ1) is 7.03. The van der Waals surface area contributed by atoms with Crippen molar-refractivity contribution in [2.45, 2.75) is 33.6 Å². The average Bonchev–Trinajstić information content (AvgIpc) is 2.47. The Hall–Kier alpha value is -1.12. The second-order valence-corrected chi connectivity index (χ2v) is 4.12. The molecule has 0 aromatic rings. The third kappa shape index (κ3) is 2.11. The van der Waals surface area contributed by atoms with Crippen molar-refractivity contribution in [2.75, 3.05) is 6.61 Å². The van der Waals surface area contributed by atoms with Crippen LogP contribution in [0.25, 0.3) is 0 Å². The molecule has 0 amide bonds. The SMILES string of the molecule is CCO/C=C\C(C)C1(C)C(=O)CCC1=O. The molecule has 0 aromatic heterocycles. The number of hydrogen-bond acceptors (Lipinski definition) is 3. The summed E-state index contributed by atoms with van der Waals surface area (Å²) in [6, 6.07) is 0. The number of rotatable bonds is 4. The zero-order valence-corrected chi connectivity index (χ0v) is 9.58. The zero-order chi connectivity index (χ0) is 11.5. The maximum atomic E-state index is 11.7. The van der Waals surface area contributed by atoms with E-state index in [1.54, 1.807) is 19.3 Å². The molecule has 1 saturated carbocycles. The molecule has 0 aromatic carbocycles. The van der Waals surface area contributed by atoms with Gasteiger partial charge in [0.05, 0.1) is 18.3 Å². The molecule has 84 valence electrons. The van der Waals surface area contributed by atoms with E-state index in [1.165, 1.54) is 0 Å². The van der Waals surface area contributed by atoms with Gasteiger partial charge in [0.2, 0.25) is 0 Å². The Kier molecular flexibility index (Phi) is 3.66. The fraction of sp³-hybridized carbons (Fsp3) is 0.667. The molecule has 0 saturated heterocycles. The smallest absolute Gasteiger partial charge is 0.147 e. The number of Topliss-reactive ketones (excluding diaryl/α,β-unsaturated/α-hetero) is 2. The predicted octanol–water partition coefficient (Wildman–Crippen LogP) is 2.11. The van der Waals surface area contributed by atoms with Crippen LogP contribution in [-0.4, -0.2) is 18.2 Å². The summed E-state index contributed by atoms with van der Waals surface area (Å²) in [4.78, 5) is 23.4. The van der Waals surface area contributed by atoms with Gasteiger partial charge in [-0.15, -0.1) is 0 Å². The summed E-state index contributed by atoms with van der Waals surface area (Å²) < 4.78 is 5.08. The van der Waals surface area contributed by atoms with Gasteiger partial charge in [-0.3, -0.25) is 9.59 Å². The highest BCUT2D eigenvalue weighted by Crippen LogP contribution is 2.38. The second-order valence-electron chi connectivity index (χ2n) is 4.12. The summed E-state index contributed by atoms with van der Waals surface area (Å²) in [5, 5.41) is 0. The third-order valence-electron chi connectivity index (χ3n) is 3.28. The second kappa shape index (κ2) is 4.60. The topological polar surface area (TPSA) is 43.4 Å². The first-order valence-electron chi connectivity index (χ1n) is 5.38. The summed E-state index contributed by atoms with van der Waals surface area (Å²) in [5.41, 5.74) is -0.826. The maximum absolute atomic E-state index is 11.7. The molecule has 1 fully saturated rings. The first-order valence-corrected chi connectivity index (χ1v) is 5.38. The van der Waals surface area contributed by atoms with Crippen molar-refractivity contribution < 1.29 is 14.3 Å². The molecular weight excluding hydrogens is 192 g/mol. The largest absolute Gasteiger partial charge is 0.502 e. The van der Waals surface area contributed by atoms with Crippen LogP contribution in [0.15, 0.2) is 12.3 Å². The lowest BCUT2D eigenvalue weighted by molar-refractivity contribution is -0.135. The van der Waals surface area contributed by atoms with E-state index < -0.39 is 5.41 Å². The Labute approximate surface area is 90.5 Å². The fourth-order valence-corrected chi connectivity index (χ4v) is 1.87. The molecule has 0 heterocycles. The predicted molar refractivity (Wildman–Crippen MR) is 57.3 cm³/mol. The molecule has 1 unspecified atom stereocenters. The van der Waals surface area contributed by atoms with Gasteiger partial charge in [0, 0.05) is 12.8 Å². The van der Waals surface area contributed by atoms with Crippen molar-refractivity contribution in [1.82, 2.24) is 0 Å². The molecule has 1 aliphatic rings. The van der Waals surface area contributed by atoms with Crippen LogP contribution < -0.4 is 0 Å². The molecular formula is C12H18O3. The fourth-order valence-electron chi connectivity index (χ4n) is 1.87. The molecule has 0 spiro atoms. The molecule has 0 N–H and O–H groups in total. The Morgan fingerprint density at radius 2 is 1.93 bits per heavy atom. The van der Waals surface area contributed by atoms with E-state index in [0.29, 0.717) is 19.4 Å². The van der Waals surface area contributed by atoms with Crippen LogP contribution >= 0.6 is 0 Å². The van der Waals surface area contributed by atoms with Crippen LogP contribution in [0, 0.1) is 11.3 Å². The molecule has 3 nitrogen and oxygen atoms in total. The molecule has 3 heteroatoms. The minimum absolute atomic E-state index is 0.0566. The lowest BCUT2D eigenvalue weighted by Crippen LogP contribution is -2.35. The summed E-state index contributed by atoms with van der Waals surface area (Å²) in [6.45, 7) is 6.12. The van der Waals surface area contributed by atoms with Gasteiger partial charge in [0.25, 0.3) is 0 Å². The lowest BCUT2D eigenvalue weighted by Gasteiger charge is -2.25. The molecule has 1 rings (SSSR count). The Morgan fingerprint density at radius 1 is 1.40 bits per heavy atom. The van der Waals surface area contributed by atoms with Crippen LogP contribution in [0.2, 0.25) is 0 Å². The van der Waals surface area contributed by atoms with Crippen molar-refractivity contribution in [3.05, 3.63) is 12.3 Å². The van der Waals surface area contributed by atoms with Crippen LogP contribution in [0.4, 0.5) is 0 Å². The van der Waals surface area contributed by atoms with Crippen molar-refractivity contribution in [3.8, 4) is 0 Å². The average molecular weight is 210 g/mol. The molecule has 1 atom stereocenters. The summed E-state index contributed by atoms with van der Waals surface area (Å²) in [7, 11) is 0. The minimum atomic E-state index is -0.826. The summed E-state index contributed by atoms with van der Waals surface area (Å²) >= 11 is 0. The van der Waals surface area contributed by atoms with Crippen molar-refractivity contribution >= 4 is 11.6 Å². The van der Waals surface area contributed by atoms with Crippen LogP contribution in [0.3, 0.4) is 0 Å². The van der Waals surface area contributed by atoms with Crippen LogP contribution in [0.5, 0.6) is 0 Å². The highest BCUT2D eigenvalue weighted by atomic mass is 16.5. The number of ether oxygens (including phenoxy) is 1. The first kappa shape index (κ1) is 12.0. The van der Waals surface area contributed by atoms with Crippen molar-refractivity contribution in [3.63, 3.8) is 0 Å². The van der Waals surface area contributed by atoms with Crippen LogP contribution in [-0.2, 0) is 14.3 Å². The monoisotopic (exact) mass is 210 g/mol. The highest BCUT2D eigenvalue weighted by molar-refractivity contribution is 6.12.